The van der Waals surface area contributed by atoms with Crippen molar-refractivity contribution in [3.63, 3.8) is 0 Å². The molecule has 2 aromatic carbocycles. The molecule has 5 nitrogen and oxygen atoms in total. The smallest absolute Gasteiger partial charge is 0.251 e. The molecule has 2 amide bonds. The van der Waals surface area contributed by atoms with Gasteiger partial charge in [0.05, 0.1) is 11.4 Å². The number of anilines is 3. The number of para-hydroxylation sites is 1. The highest BCUT2D eigenvalue weighted by Gasteiger charge is 2.24. The molecule has 0 aliphatic heterocycles. The normalized spacial score (nSPS) is 13.0. The Hall–Kier alpha value is -3.08. The molecule has 3 rings (SSSR count). The lowest BCUT2D eigenvalue weighted by Gasteiger charge is -2.14. The molecule has 0 aromatic heterocycles. The van der Waals surface area contributed by atoms with Gasteiger partial charge in [0.2, 0.25) is 5.91 Å². The molecule has 0 atom stereocenters. The summed E-state index contributed by atoms with van der Waals surface area (Å²) in [6, 6.07) is 15.1. The molecule has 0 bridgehead atoms. The third-order valence-corrected chi connectivity index (χ3v) is 3.69. The van der Waals surface area contributed by atoms with Crippen molar-refractivity contribution < 1.29 is 9.59 Å². The second kappa shape index (κ2) is 7.00. The lowest BCUT2D eigenvalue weighted by molar-refractivity contribution is -0.111. The molecule has 122 valence electrons. The zero-order chi connectivity index (χ0) is 16.9. The fraction of sp³-hybridized carbons (Fsp3) is 0.158. The van der Waals surface area contributed by atoms with Gasteiger partial charge in [0.25, 0.3) is 5.91 Å². The molecule has 1 aliphatic carbocycles. The predicted octanol–water partition coefficient (Wildman–Crippen LogP) is 3.45. The summed E-state index contributed by atoms with van der Waals surface area (Å²) in [6.45, 7) is 3.46. The van der Waals surface area contributed by atoms with E-state index in [2.05, 4.69) is 22.5 Å². The lowest BCUT2D eigenvalue weighted by Crippen LogP contribution is -2.25. The van der Waals surface area contributed by atoms with E-state index in [1.54, 1.807) is 18.2 Å². The Kier molecular flexibility index (Phi) is 4.61. The van der Waals surface area contributed by atoms with Crippen LogP contribution in [-0.4, -0.2) is 17.9 Å². The van der Waals surface area contributed by atoms with Gasteiger partial charge in [-0.15, -0.1) is 0 Å². The standard InChI is InChI=1S/C19H19N3O2/c1-2-18(23)22-17-12-13(19(24)21-15-9-10-15)8-11-16(17)20-14-6-4-3-5-7-14/h2-8,11-12,15,20H,1,9-10H2,(H,21,24)(H,22,23). The first-order valence-corrected chi connectivity index (χ1v) is 7.86. The van der Waals surface area contributed by atoms with Crippen molar-refractivity contribution in [3.8, 4) is 0 Å². The van der Waals surface area contributed by atoms with Crippen LogP contribution in [0.15, 0.2) is 61.2 Å². The van der Waals surface area contributed by atoms with Gasteiger partial charge in [0.1, 0.15) is 0 Å². The predicted molar refractivity (Wildman–Crippen MR) is 95.5 cm³/mol. The summed E-state index contributed by atoms with van der Waals surface area (Å²) in [6.07, 6.45) is 3.25. The first-order chi connectivity index (χ1) is 11.7. The third kappa shape index (κ3) is 4.01. The fourth-order valence-corrected chi connectivity index (χ4v) is 2.26. The average Bonchev–Trinajstić information content (AvgIpc) is 3.41. The van der Waals surface area contributed by atoms with Crippen LogP contribution >= 0.6 is 0 Å². The van der Waals surface area contributed by atoms with Gasteiger partial charge < -0.3 is 16.0 Å². The van der Waals surface area contributed by atoms with E-state index in [4.69, 9.17) is 0 Å². The lowest BCUT2D eigenvalue weighted by atomic mass is 10.1. The largest absolute Gasteiger partial charge is 0.354 e. The van der Waals surface area contributed by atoms with E-state index in [0.29, 0.717) is 16.9 Å². The van der Waals surface area contributed by atoms with E-state index in [1.165, 1.54) is 6.08 Å². The molecule has 3 N–H and O–H groups in total. The van der Waals surface area contributed by atoms with E-state index in [1.807, 2.05) is 30.3 Å². The summed E-state index contributed by atoms with van der Waals surface area (Å²) in [5.41, 5.74) is 2.65. The number of carbonyl (C=O) groups excluding carboxylic acids is 2. The van der Waals surface area contributed by atoms with Crippen LogP contribution in [0, 0.1) is 0 Å². The number of benzene rings is 2. The minimum absolute atomic E-state index is 0.127. The van der Waals surface area contributed by atoms with Crippen LogP contribution in [0.1, 0.15) is 23.2 Å². The van der Waals surface area contributed by atoms with Gasteiger partial charge in [-0.1, -0.05) is 24.8 Å². The highest BCUT2D eigenvalue weighted by atomic mass is 16.2. The van der Waals surface area contributed by atoms with Crippen LogP contribution in [0.4, 0.5) is 17.1 Å². The zero-order valence-corrected chi connectivity index (χ0v) is 13.2. The van der Waals surface area contributed by atoms with Crippen molar-refractivity contribution in [2.75, 3.05) is 10.6 Å². The zero-order valence-electron chi connectivity index (χ0n) is 13.2. The maximum atomic E-state index is 12.2. The van der Waals surface area contributed by atoms with E-state index in [0.717, 1.165) is 18.5 Å². The van der Waals surface area contributed by atoms with Gasteiger partial charge in [0.15, 0.2) is 0 Å². The topological polar surface area (TPSA) is 70.2 Å². The molecule has 0 spiro atoms. The molecule has 0 saturated heterocycles. The monoisotopic (exact) mass is 321 g/mol. The SMILES string of the molecule is C=CC(=O)Nc1cc(C(=O)NC2CC2)ccc1Nc1ccccc1. The Balaban J connectivity index is 1.86. The van der Waals surface area contributed by atoms with Crippen molar-refractivity contribution in [3.05, 3.63) is 66.7 Å². The summed E-state index contributed by atoms with van der Waals surface area (Å²) < 4.78 is 0. The van der Waals surface area contributed by atoms with Gasteiger partial charge in [-0.3, -0.25) is 9.59 Å². The Morgan fingerprint density at radius 2 is 1.79 bits per heavy atom. The second-order valence-electron chi connectivity index (χ2n) is 5.69. The first kappa shape index (κ1) is 15.8. The first-order valence-electron chi connectivity index (χ1n) is 7.86. The van der Waals surface area contributed by atoms with Crippen LogP contribution in [0.3, 0.4) is 0 Å². The number of rotatable bonds is 6. The van der Waals surface area contributed by atoms with Gasteiger partial charge in [-0.25, -0.2) is 0 Å². The van der Waals surface area contributed by atoms with E-state index in [-0.39, 0.29) is 17.9 Å². The highest BCUT2D eigenvalue weighted by molar-refractivity contribution is 6.03. The van der Waals surface area contributed by atoms with E-state index in [9.17, 15) is 9.59 Å². The van der Waals surface area contributed by atoms with Crippen LogP contribution in [0.25, 0.3) is 0 Å². The summed E-state index contributed by atoms with van der Waals surface area (Å²) in [4.78, 5) is 23.9. The van der Waals surface area contributed by atoms with Crippen LogP contribution in [-0.2, 0) is 4.79 Å². The van der Waals surface area contributed by atoms with Crippen molar-refractivity contribution in [1.82, 2.24) is 5.32 Å². The molecule has 5 heteroatoms. The summed E-state index contributed by atoms with van der Waals surface area (Å²) >= 11 is 0. The molecule has 0 heterocycles. The van der Waals surface area contributed by atoms with Crippen LogP contribution in [0.5, 0.6) is 0 Å². The molecule has 2 aromatic rings. The average molecular weight is 321 g/mol. The molecule has 1 saturated carbocycles. The molecule has 24 heavy (non-hydrogen) atoms. The molecule has 0 radical (unpaired) electrons. The Morgan fingerprint density at radius 3 is 2.46 bits per heavy atom. The summed E-state index contributed by atoms with van der Waals surface area (Å²) in [7, 11) is 0. The van der Waals surface area contributed by atoms with Crippen LogP contribution < -0.4 is 16.0 Å². The molecular formula is C19H19N3O2. The van der Waals surface area contributed by atoms with Crippen molar-refractivity contribution in [1.29, 1.82) is 0 Å². The van der Waals surface area contributed by atoms with Crippen molar-refractivity contribution in [2.45, 2.75) is 18.9 Å². The van der Waals surface area contributed by atoms with Gasteiger partial charge in [-0.05, 0) is 49.2 Å². The Morgan fingerprint density at radius 1 is 1.04 bits per heavy atom. The molecule has 0 unspecified atom stereocenters. The highest BCUT2D eigenvalue weighted by Crippen LogP contribution is 2.27. The maximum absolute atomic E-state index is 12.2. The van der Waals surface area contributed by atoms with Gasteiger partial charge >= 0.3 is 0 Å². The molecular weight excluding hydrogens is 302 g/mol. The minimum atomic E-state index is -0.328. The molecule has 1 fully saturated rings. The van der Waals surface area contributed by atoms with Crippen LogP contribution in [0.2, 0.25) is 0 Å². The van der Waals surface area contributed by atoms with E-state index < -0.39 is 0 Å². The maximum Gasteiger partial charge on any atom is 0.251 e. The fourth-order valence-electron chi connectivity index (χ4n) is 2.26. The summed E-state index contributed by atoms with van der Waals surface area (Å²) in [5.74, 6) is -0.455. The quantitative estimate of drug-likeness (QED) is 0.714. The number of hydrogen-bond acceptors (Lipinski definition) is 3. The number of hydrogen-bond donors (Lipinski definition) is 3. The Labute approximate surface area is 140 Å². The summed E-state index contributed by atoms with van der Waals surface area (Å²) in [5, 5.41) is 8.93. The minimum Gasteiger partial charge on any atom is -0.354 e. The van der Waals surface area contributed by atoms with Gasteiger partial charge in [0, 0.05) is 17.3 Å². The van der Waals surface area contributed by atoms with E-state index >= 15 is 0 Å². The molecule has 1 aliphatic rings. The number of carbonyl (C=O) groups is 2. The van der Waals surface area contributed by atoms with Crippen molar-refractivity contribution in [2.24, 2.45) is 0 Å². The second-order valence-corrected chi connectivity index (χ2v) is 5.69. The number of amides is 2. The number of nitrogens with one attached hydrogen (secondary N) is 3. The third-order valence-electron chi connectivity index (χ3n) is 3.69. The Bertz CT molecular complexity index is 767. The van der Waals surface area contributed by atoms with Gasteiger partial charge in [-0.2, -0.15) is 0 Å². The van der Waals surface area contributed by atoms with Crippen molar-refractivity contribution >= 4 is 28.9 Å².